The molecule has 0 saturated heterocycles. The highest BCUT2D eigenvalue weighted by Crippen LogP contribution is 2.49. The molecule has 1 aliphatic rings. The third-order valence-corrected chi connectivity index (χ3v) is 3.46. The van der Waals surface area contributed by atoms with E-state index in [-0.39, 0.29) is 5.92 Å². The fraction of sp³-hybridized carbons (Fsp3) is 0.667. The topological polar surface area (TPSA) is 63.1 Å². The first-order valence-corrected chi connectivity index (χ1v) is 5.41. The molecule has 2 rings (SSSR count). The van der Waals surface area contributed by atoms with E-state index < -0.39 is 11.4 Å². The number of aliphatic carboxylic acids is 1. The van der Waals surface area contributed by atoms with Crippen LogP contribution in [-0.2, 0) is 10.2 Å². The number of aromatic nitrogens is 2. The van der Waals surface area contributed by atoms with E-state index in [1.807, 2.05) is 13.8 Å². The number of rotatable bonds is 3. The normalized spacial score (nSPS) is 18.5. The summed E-state index contributed by atoms with van der Waals surface area (Å²) in [7, 11) is 0. The molecule has 0 amide bonds. The maximum Gasteiger partial charge on any atom is 0.316 e. The van der Waals surface area contributed by atoms with Gasteiger partial charge in [0.2, 0.25) is 0 Å². The summed E-state index contributed by atoms with van der Waals surface area (Å²) in [6, 6.07) is 0. The van der Waals surface area contributed by atoms with Gasteiger partial charge in [-0.15, -0.1) is 0 Å². The van der Waals surface area contributed by atoms with E-state index in [0.717, 1.165) is 5.82 Å². The molecule has 1 aromatic heterocycles. The standard InChI is InChI=1S/C9H12N2O2S/c1-5(2)6-10-7(14-11-6)9(3-4-9)8(12)13/h5H,3-4H2,1-2H3,(H,12,13). The van der Waals surface area contributed by atoms with Crippen LogP contribution in [0.3, 0.4) is 0 Å². The largest absolute Gasteiger partial charge is 0.481 e. The van der Waals surface area contributed by atoms with Crippen LogP contribution in [-0.4, -0.2) is 20.4 Å². The van der Waals surface area contributed by atoms with Gasteiger partial charge in [0.1, 0.15) is 16.2 Å². The number of hydrogen-bond acceptors (Lipinski definition) is 4. The molecule has 1 aromatic rings. The molecule has 5 heteroatoms. The Morgan fingerprint density at radius 2 is 2.21 bits per heavy atom. The minimum Gasteiger partial charge on any atom is -0.481 e. The maximum atomic E-state index is 11.0. The third-order valence-electron chi connectivity index (χ3n) is 2.53. The molecule has 14 heavy (non-hydrogen) atoms. The molecule has 0 aromatic carbocycles. The van der Waals surface area contributed by atoms with Crippen molar-refractivity contribution in [1.82, 2.24) is 9.36 Å². The van der Waals surface area contributed by atoms with Crippen molar-refractivity contribution in [3.8, 4) is 0 Å². The number of carbonyl (C=O) groups is 1. The van der Waals surface area contributed by atoms with Crippen molar-refractivity contribution < 1.29 is 9.90 Å². The van der Waals surface area contributed by atoms with Crippen LogP contribution in [0.15, 0.2) is 0 Å². The van der Waals surface area contributed by atoms with Crippen molar-refractivity contribution in [2.45, 2.75) is 38.0 Å². The summed E-state index contributed by atoms with van der Waals surface area (Å²) >= 11 is 1.23. The molecule has 1 heterocycles. The summed E-state index contributed by atoms with van der Waals surface area (Å²) < 4.78 is 4.17. The highest BCUT2D eigenvalue weighted by molar-refractivity contribution is 7.05. The molecular formula is C9H12N2O2S. The predicted molar refractivity (Wildman–Crippen MR) is 52.5 cm³/mol. The van der Waals surface area contributed by atoms with Crippen molar-refractivity contribution in [2.24, 2.45) is 0 Å². The van der Waals surface area contributed by atoms with Gasteiger partial charge in [0.05, 0.1) is 0 Å². The van der Waals surface area contributed by atoms with E-state index in [0.29, 0.717) is 17.8 Å². The van der Waals surface area contributed by atoms with Crippen molar-refractivity contribution in [3.63, 3.8) is 0 Å². The number of carboxylic acids is 1. The van der Waals surface area contributed by atoms with Crippen LogP contribution >= 0.6 is 11.5 Å². The van der Waals surface area contributed by atoms with Gasteiger partial charge < -0.3 is 5.11 Å². The first-order chi connectivity index (χ1) is 6.56. The van der Waals surface area contributed by atoms with Gasteiger partial charge in [-0.2, -0.15) is 4.37 Å². The van der Waals surface area contributed by atoms with Crippen LogP contribution in [0.2, 0.25) is 0 Å². The van der Waals surface area contributed by atoms with Gasteiger partial charge in [-0.25, -0.2) is 4.98 Å². The molecular weight excluding hydrogens is 200 g/mol. The highest BCUT2D eigenvalue weighted by atomic mass is 32.1. The molecule has 0 radical (unpaired) electrons. The smallest absolute Gasteiger partial charge is 0.316 e. The lowest BCUT2D eigenvalue weighted by molar-refractivity contribution is -0.140. The quantitative estimate of drug-likeness (QED) is 0.829. The fourth-order valence-corrected chi connectivity index (χ4v) is 2.34. The summed E-state index contributed by atoms with van der Waals surface area (Å²) in [5.41, 5.74) is -0.690. The van der Waals surface area contributed by atoms with Crippen LogP contribution in [0.1, 0.15) is 43.4 Å². The van der Waals surface area contributed by atoms with Crippen LogP contribution in [0.4, 0.5) is 0 Å². The SMILES string of the molecule is CC(C)c1nsc(C2(C(=O)O)CC2)n1. The molecule has 1 saturated carbocycles. The minimum atomic E-state index is -0.760. The van der Waals surface area contributed by atoms with E-state index in [2.05, 4.69) is 9.36 Å². The Balaban J connectivity index is 2.30. The van der Waals surface area contributed by atoms with Gasteiger partial charge in [0, 0.05) is 5.92 Å². The first-order valence-electron chi connectivity index (χ1n) is 4.64. The summed E-state index contributed by atoms with van der Waals surface area (Å²) in [6.45, 7) is 4.01. The first kappa shape index (κ1) is 9.58. The number of nitrogens with zero attached hydrogens (tertiary/aromatic N) is 2. The van der Waals surface area contributed by atoms with Crippen LogP contribution in [0.25, 0.3) is 0 Å². The van der Waals surface area contributed by atoms with Crippen LogP contribution in [0, 0.1) is 0 Å². The molecule has 0 bridgehead atoms. The molecule has 76 valence electrons. The molecule has 1 aliphatic carbocycles. The van der Waals surface area contributed by atoms with E-state index in [1.54, 1.807) is 0 Å². The monoisotopic (exact) mass is 212 g/mol. The molecule has 0 atom stereocenters. The maximum absolute atomic E-state index is 11.0. The molecule has 0 unspecified atom stereocenters. The highest BCUT2D eigenvalue weighted by Gasteiger charge is 2.54. The summed E-state index contributed by atoms with van der Waals surface area (Å²) in [4.78, 5) is 15.3. The van der Waals surface area contributed by atoms with Gasteiger partial charge in [0.25, 0.3) is 0 Å². The van der Waals surface area contributed by atoms with E-state index >= 15 is 0 Å². The number of carboxylic acid groups (broad SMARTS) is 1. The lowest BCUT2D eigenvalue weighted by Gasteiger charge is -2.03. The molecule has 1 N–H and O–H groups in total. The van der Waals surface area contributed by atoms with E-state index in [1.165, 1.54) is 11.5 Å². The van der Waals surface area contributed by atoms with Crippen molar-refractivity contribution in [2.75, 3.05) is 0 Å². The van der Waals surface area contributed by atoms with Crippen molar-refractivity contribution in [3.05, 3.63) is 10.8 Å². The Morgan fingerprint density at radius 1 is 1.57 bits per heavy atom. The Morgan fingerprint density at radius 3 is 2.57 bits per heavy atom. The van der Waals surface area contributed by atoms with Gasteiger partial charge in [-0.3, -0.25) is 4.79 Å². The second kappa shape index (κ2) is 3.02. The predicted octanol–water partition coefficient (Wildman–Crippen LogP) is 1.78. The zero-order chi connectivity index (χ0) is 10.3. The molecule has 0 aliphatic heterocycles. The lowest BCUT2D eigenvalue weighted by atomic mass is 10.1. The molecule has 4 nitrogen and oxygen atoms in total. The second-order valence-electron chi connectivity index (χ2n) is 4.00. The summed E-state index contributed by atoms with van der Waals surface area (Å²) in [6.07, 6.45) is 1.41. The minimum absolute atomic E-state index is 0.268. The Hall–Kier alpha value is -0.970. The second-order valence-corrected chi connectivity index (χ2v) is 4.75. The van der Waals surface area contributed by atoms with E-state index in [9.17, 15) is 4.79 Å². The average molecular weight is 212 g/mol. The van der Waals surface area contributed by atoms with Crippen LogP contribution in [0.5, 0.6) is 0 Å². The zero-order valence-electron chi connectivity index (χ0n) is 8.15. The van der Waals surface area contributed by atoms with Gasteiger partial charge in [-0.05, 0) is 24.4 Å². The zero-order valence-corrected chi connectivity index (χ0v) is 8.97. The Bertz CT molecular complexity index is 369. The summed E-state index contributed by atoms with van der Waals surface area (Å²) in [5, 5.41) is 9.72. The fourth-order valence-electron chi connectivity index (χ4n) is 1.31. The number of hydrogen-bond donors (Lipinski definition) is 1. The molecule has 0 spiro atoms. The van der Waals surface area contributed by atoms with Crippen LogP contribution < -0.4 is 0 Å². The van der Waals surface area contributed by atoms with E-state index in [4.69, 9.17) is 5.11 Å². The molecule has 1 fully saturated rings. The lowest BCUT2D eigenvalue weighted by Crippen LogP contribution is -2.19. The third kappa shape index (κ3) is 1.32. The Kier molecular flexibility index (Phi) is 2.06. The van der Waals surface area contributed by atoms with Crippen molar-refractivity contribution in [1.29, 1.82) is 0 Å². The van der Waals surface area contributed by atoms with Gasteiger partial charge in [-0.1, -0.05) is 13.8 Å². The van der Waals surface area contributed by atoms with Gasteiger partial charge >= 0.3 is 5.97 Å². The summed E-state index contributed by atoms with van der Waals surface area (Å²) in [5.74, 6) is 0.270. The Labute approximate surface area is 86.2 Å². The average Bonchev–Trinajstić information content (AvgIpc) is 2.77. The van der Waals surface area contributed by atoms with Gasteiger partial charge in [0.15, 0.2) is 0 Å². The van der Waals surface area contributed by atoms with Crippen molar-refractivity contribution >= 4 is 17.5 Å².